The quantitative estimate of drug-likeness (QED) is 0.742. The number of cyclic esters (lactones) is 2. The summed E-state index contributed by atoms with van der Waals surface area (Å²) in [6.45, 7) is 5.77. The Balaban J connectivity index is 1.61. The summed E-state index contributed by atoms with van der Waals surface area (Å²) in [5.41, 5.74) is 2.17. The lowest BCUT2D eigenvalue weighted by molar-refractivity contribution is -0.136. The zero-order valence-electron chi connectivity index (χ0n) is 14.6. The van der Waals surface area contributed by atoms with Crippen molar-refractivity contribution in [1.82, 2.24) is 0 Å². The fourth-order valence-electron chi connectivity index (χ4n) is 5.70. The van der Waals surface area contributed by atoms with Crippen LogP contribution in [0.25, 0.3) is 0 Å². The van der Waals surface area contributed by atoms with Crippen LogP contribution in [0.15, 0.2) is 23.3 Å². The molecule has 1 saturated carbocycles. The van der Waals surface area contributed by atoms with E-state index in [2.05, 4.69) is 19.9 Å². The van der Waals surface area contributed by atoms with Crippen LogP contribution >= 0.6 is 0 Å². The standard InChI is InChI=1S/C20H26O4/c1-13-6-9-20-12-24-18(22)15(20)4-3-5-16(20)19(13,2)8-7-14-10-17(21)23-11-14/h4,10,13,16H,3,5-9,11-12H2,1-2H3/t13-,16+,19-,20-/m1/s1. The van der Waals surface area contributed by atoms with Crippen molar-refractivity contribution in [3.05, 3.63) is 23.3 Å². The van der Waals surface area contributed by atoms with E-state index in [0.717, 1.165) is 49.7 Å². The number of hydrogen-bond donors (Lipinski definition) is 0. The number of carbonyl (C=O) groups excluding carboxylic acids is 2. The van der Waals surface area contributed by atoms with Gasteiger partial charge >= 0.3 is 11.9 Å². The molecular weight excluding hydrogens is 304 g/mol. The lowest BCUT2D eigenvalue weighted by atomic mass is 9.47. The number of esters is 2. The molecule has 2 aliphatic carbocycles. The van der Waals surface area contributed by atoms with E-state index in [4.69, 9.17) is 9.47 Å². The minimum Gasteiger partial charge on any atom is -0.461 e. The van der Waals surface area contributed by atoms with Gasteiger partial charge in [0.25, 0.3) is 0 Å². The number of hydrogen-bond acceptors (Lipinski definition) is 4. The number of rotatable bonds is 3. The van der Waals surface area contributed by atoms with Gasteiger partial charge < -0.3 is 9.47 Å². The van der Waals surface area contributed by atoms with Crippen LogP contribution in [0.3, 0.4) is 0 Å². The van der Waals surface area contributed by atoms with Gasteiger partial charge in [0.05, 0.1) is 0 Å². The minimum absolute atomic E-state index is 0.0625. The molecule has 4 aliphatic rings. The number of allylic oxidation sites excluding steroid dienone is 1. The van der Waals surface area contributed by atoms with E-state index >= 15 is 0 Å². The summed E-state index contributed by atoms with van der Waals surface area (Å²) >= 11 is 0. The third kappa shape index (κ3) is 2.18. The molecule has 2 heterocycles. The van der Waals surface area contributed by atoms with Gasteiger partial charge in [-0.15, -0.1) is 0 Å². The van der Waals surface area contributed by atoms with E-state index in [0.29, 0.717) is 25.0 Å². The molecule has 0 bridgehead atoms. The SMILES string of the molecule is C[C@@H]1CC[C@@]23COC(=O)C2=CCC[C@H]3[C@]1(C)CCC1=CC(=O)OC1. The van der Waals surface area contributed by atoms with Crippen molar-refractivity contribution < 1.29 is 19.1 Å². The van der Waals surface area contributed by atoms with Gasteiger partial charge in [0, 0.05) is 17.1 Å². The Morgan fingerprint density at radius 2 is 2.08 bits per heavy atom. The highest BCUT2D eigenvalue weighted by atomic mass is 16.5. The molecule has 1 spiro atoms. The van der Waals surface area contributed by atoms with Gasteiger partial charge in [-0.25, -0.2) is 9.59 Å². The molecule has 0 amide bonds. The maximum Gasteiger partial charge on any atom is 0.334 e. The Hall–Kier alpha value is -1.58. The summed E-state index contributed by atoms with van der Waals surface area (Å²) in [6, 6.07) is 0. The molecule has 0 unspecified atom stereocenters. The largest absolute Gasteiger partial charge is 0.461 e. The highest BCUT2D eigenvalue weighted by Gasteiger charge is 2.60. The second-order valence-corrected chi connectivity index (χ2v) is 8.34. The molecule has 0 aromatic carbocycles. The van der Waals surface area contributed by atoms with Gasteiger partial charge in [0.1, 0.15) is 13.2 Å². The fraction of sp³-hybridized carbons (Fsp3) is 0.700. The molecule has 0 aromatic rings. The first-order valence-corrected chi connectivity index (χ1v) is 9.20. The molecule has 0 aromatic heterocycles. The van der Waals surface area contributed by atoms with Crippen molar-refractivity contribution in [1.29, 1.82) is 0 Å². The lowest BCUT2D eigenvalue weighted by Gasteiger charge is -2.56. The Morgan fingerprint density at radius 1 is 1.25 bits per heavy atom. The summed E-state index contributed by atoms with van der Waals surface area (Å²) in [5.74, 6) is 0.802. The summed E-state index contributed by atoms with van der Waals surface area (Å²) in [7, 11) is 0. The second kappa shape index (κ2) is 5.47. The number of carbonyl (C=O) groups is 2. The predicted molar refractivity (Wildman–Crippen MR) is 89.0 cm³/mol. The van der Waals surface area contributed by atoms with E-state index in [9.17, 15) is 9.59 Å². The third-order valence-electron chi connectivity index (χ3n) is 7.34. The molecular formula is C20H26O4. The Kier molecular flexibility index (Phi) is 3.63. The first-order chi connectivity index (χ1) is 11.5. The maximum absolute atomic E-state index is 12.2. The number of ether oxygens (including phenoxy) is 2. The predicted octanol–water partition coefficient (Wildman–Crippen LogP) is 3.57. The van der Waals surface area contributed by atoms with Gasteiger partial charge in [-0.2, -0.15) is 0 Å². The first kappa shape index (κ1) is 15.9. The Bertz CT molecular complexity index is 646. The minimum atomic E-state index is -0.207. The maximum atomic E-state index is 12.2. The first-order valence-electron chi connectivity index (χ1n) is 9.20. The highest BCUT2D eigenvalue weighted by molar-refractivity contribution is 5.92. The van der Waals surface area contributed by atoms with Gasteiger partial charge in [0.15, 0.2) is 0 Å². The van der Waals surface area contributed by atoms with E-state index in [-0.39, 0.29) is 22.8 Å². The van der Waals surface area contributed by atoms with E-state index in [1.807, 2.05) is 0 Å². The van der Waals surface area contributed by atoms with Crippen LogP contribution in [0.1, 0.15) is 52.4 Å². The van der Waals surface area contributed by atoms with Crippen molar-refractivity contribution in [2.75, 3.05) is 13.2 Å². The van der Waals surface area contributed by atoms with Crippen LogP contribution in [0.2, 0.25) is 0 Å². The summed E-state index contributed by atoms with van der Waals surface area (Å²) in [4.78, 5) is 23.5. The summed E-state index contributed by atoms with van der Waals surface area (Å²) < 4.78 is 10.5. The lowest BCUT2D eigenvalue weighted by Crippen LogP contribution is -2.51. The molecule has 4 heteroatoms. The van der Waals surface area contributed by atoms with Crippen LogP contribution in [-0.4, -0.2) is 25.2 Å². The van der Waals surface area contributed by atoms with Gasteiger partial charge in [0.2, 0.25) is 0 Å². The smallest absolute Gasteiger partial charge is 0.334 e. The van der Waals surface area contributed by atoms with Crippen LogP contribution in [0.4, 0.5) is 0 Å². The fourth-order valence-corrected chi connectivity index (χ4v) is 5.70. The molecule has 130 valence electrons. The van der Waals surface area contributed by atoms with Crippen LogP contribution in [0, 0.1) is 22.7 Å². The topological polar surface area (TPSA) is 52.6 Å². The molecule has 4 nitrogen and oxygen atoms in total. The molecule has 2 fully saturated rings. The van der Waals surface area contributed by atoms with Crippen molar-refractivity contribution in [2.45, 2.75) is 52.4 Å². The van der Waals surface area contributed by atoms with Gasteiger partial charge in [-0.05, 0) is 61.3 Å². The normalized spacial score (nSPS) is 41.1. The van der Waals surface area contributed by atoms with Crippen molar-refractivity contribution in [3.8, 4) is 0 Å². The molecule has 0 radical (unpaired) electrons. The van der Waals surface area contributed by atoms with Crippen LogP contribution < -0.4 is 0 Å². The van der Waals surface area contributed by atoms with Crippen LogP contribution in [0.5, 0.6) is 0 Å². The zero-order chi connectivity index (χ0) is 16.9. The van der Waals surface area contributed by atoms with E-state index < -0.39 is 0 Å². The molecule has 4 rings (SSSR count). The average Bonchev–Trinajstić information content (AvgIpc) is 3.13. The monoisotopic (exact) mass is 330 g/mol. The van der Waals surface area contributed by atoms with E-state index in [1.54, 1.807) is 6.08 Å². The van der Waals surface area contributed by atoms with Crippen molar-refractivity contribution >= 4 is 11.9 Å². The van der Waals surface area contributed by atoms with Gasteiger partial charge in [-0.1, -0.05) is 19.9 Å². The highest BCUT2D eigenvalue weighted by Crippen LogP contribution is 2.63. The molecule has 0 N–H and O–H groups in total. The van der Waals surface area contributed by atoms with Crippen LogP contribution in [-0.2, 0) is 19.1 Å². The summed E-state index contributed by atoms with van der Waals surface area (Å²) in [5, 5.41) is 0. The third-order valence-corrected chi connectivity index (χ3v) is 7.34. The van der Waals surface area contributed by atoms with E-state index in [1.165, 1.54) is 0 Å². The average molecular weight is 330 g/mol. The molecule has 2 aliphatic heterocycles. The zero-order valence-corrected chi connectivity index (χ0v) is 14.6. The summed E-state index contributed by atoms with van der Waals surface area (Å²) in [6.07, 6.45) is 10.1. The Labute approximate surface area is 143 Å². The molecule has 4 atom stereocenters. The second-order valence-electron chi connectivity index (χ2n) is 8.34. The molecule has 24 heavy (non-hydrogen) atoms. The Morgan fingerprint density at radius 3 is 2.83 bits per heavy atom. The van der Waals surface area contributed by atoms with Crippen molar-refractivity contribution in [3.63, 3.8) is 0 Å². The van der Waals surface area contributed by atoms with Crippen molar-refractivity contribution in [2.24, 2.45) is 22.7 Å². The molecule has 1 saturated heterocycles. The van der Waals surface area contributed by atoms with Gasteiger partial charge in [-0.3, -0.25) is 0 Å².